The van der Waals surface area contributed by atoms with E-state index in [4.69, 9.17) is 5.73 Å². The van der Waals surface area contributed by atoms with Gasteiger partial charge < -0.3 is 10.8 Å². The summed E-state index contributed by atoms with van der Waals surface area (Å²) >= 11 is 0. The molecule has 1 fully saturated rings. The predicted molar refractivity (Wildman–Crippen MR) is 85.8 cm³/mol. The van der Waals surface area contributed by atoms with Crippen LogP contribution in [0.1, 0.15) is 47.0 Å². The number of allylic oxidation sites excluding steroid dienone is 3. The molecule has 0 aromatic carbocycles. The quantitative estimate of drug-likeness (QED) is 0.836. The Morgan fingerprint density at radius 3 is 2.73 bits per heavy atom. The molecule has 4 nitrogen and oxygen atoms in total. The smallest absolute Gasteiger partial charge is 0.220 e. The third-order valence-electron chi connectivity index (χ3n) is 5.63. The number of rotatable bonds is 4. The molecular weight excluding hydrogens is 278 g/mol. The van der Waals surface area contributed by atoms with Gasteiger partial charge in [-0.25, -0.2) is 0 Å². The summed E-state index contributed by atoms with van der Waals surface area (Å²) in [5.74, 6) is -0.251. The van der Waals surface area contributed by atoms with Crippen LogP contribution >= 0.6 is 0 Å². The molecule has 0 spiro atoms. The fourth-order valence-electron chi connectivity index (χ4n) is 4.10. The van der Waals surface area contributed by atoms with Crippen LogP contribution in [0.15, 0.2) is 23.3 Å². The van der Waals surface area contributed by atoms with Crippen LogP contribution in [-0.2, 0) is 9.59 Å². The second-order valence-corrected chi connectivity index (χ2v) is 7.32. The van der Waals surface area contributed by atoms with Crippen molar-refractivity contribution in [3.63, 3.8) is 0 Å². The fourth-order valence-corrected chi connectivity index (χ4v) is 4.10. The van der Waals surface area contributed by atoms with Gasteiger partial charge in [0, 0.05) is 11.3 Å². The second kappa shape index (κ2) is 5.99. The minimum absolute atomic E-state index is 0.00895. The fraction of sp³-hybridized carbons (Fsp3) is 0.667. The standard InChI is InChI=1S/C18H27NO3/c1-10(9-11(2)17(19)22)13-5-7-18(4)8-6-14(20)12(3)15(18)16(13)21/h6,8,10-11,13,16,21H,5,7,9H2,1-4H3,(H2,19,22). The average Bonchev–Trinajstić information content (AvgIpc) is 2.43. The van der Waals surface area contributed by atoms with Crippen LogP contribution in [0.3, 0.4) is 0 Å². The maximum Gasteiger partial charge on any atom is 0.220 e. The van der Waals surface area contributed by atoms with Gasteiger partial charge in [-0.15, -0.1) is 0 Å². The SMILES string of the molecule is CC1=C2C(O)C(C(C)CC(C)C(N)=O)CCC2(C)C=CC1=O. The van der Waals surface area contributed by atoms with Gasteiger partial charge in [0.15, 0.2) is 5.78 Å². The first-order valence-corrected chi connectivity index (χ1v) is 8.09. The number of nitrogens with two attached hydrogens (primary N) is 1. The minimum Gasteiger partial charge on any atom is -0.388 e. The maximum absolute atomic E-state index is 12.0. The number of primary amides is 1. The van der Waals surface area contributed by atoms with Crippen molar-refractivity contribution in [1.82, 2.24) is 0 Å². The summed E-state index contributed by atoms with van der Waals surface area (Å²) < 4.78 is 0. The van der Waals surface area contributed by atoms with E-state index in [0.29, 0.717) is 12.0 Å². The highest BCUT2D eigenvalue weighted by molar-refractivity contribution is 6.05. The summed E-state index contributed by atoms with van der Waals surface area (Å²) in [6.45, 7) is 7.79. The van der Waals surface area contributed by atoms with E-state index >= 15 is 0 Å². The summed E-state index contributed by atoms with van der Waals surface area (Å²) in [4.78, 5) is 23.2. The number of hydrogen-bond acceptors (Lipinski definition) is 3. The van der Waals surface area contributed by atoms with Crippen LogP contribution in [0.4, 0.5) is 0 Å². The van der Waals surface area contributed by atoms with Crippen molar-refractivity contribution < 1.29 is 14.7 Å². The van der Waals surface area contributed by atoms with Gasteiger partial charge in [-0.05, 0) is 55.2 Å². The van der Waals surface area contributed by atoms with Gasteiger partial charge in [0.05, 0.1) is 6.10 Å². The number of amides is 1. The van der Waals surface area contributed by atoms with E-state index in [2.05, 4.69) is 13.8 Å². The molecule has 2 rings (SSSR count). The Labute approximate surface area is 132 Å². The molecular formula is C18H27NO3. The highest BCUT2D eigenvalue weighted by Crippen LogP contribution is 2.49. The topological polar surface area (TPSA) is 80.4 Å². The molecule has 2 aliphatic carbocycles. The van der Waals surface area contributed by atoms with Crippen LogP contribution in [0.2, 0.25) is 0 Å². The molecule has 0 bridgehead atoms. The summed E-state index contributed by atoms with van der Waals surface area (Å²) in [5.41, 5.74) is 6.68. The first-order chi connectivity index (χ1) is 10.2. The molecule has 0 aromatic heterocycles. The van der Waals surface area contributed by atoms with Crippen LogP contribution < -0.4 is 5.73 Å². The molecule has 0 aromatic rings. The van der Waals surface area contributed by atoms with Gasteiger partial charge in [-0.3, -0.25) is 9.59 Å². The second-order valence-electron chi connectivity index (χ2n) is 7.32. The number of aliphatic hydroxyl groups excluding tert-OH is 1. The maximum atomic E-state index is 12.0. The predicted octanol–water partition coefficient (Wildman–Crippen LogP) is 2.37. The van der Waals surface area contributed by atoms with E-state index in [-0.39, 0.29) is 34.9 Å². The zero-order valence-corrected chi connectivity index (χ0v) is 13.9. The Morgan fingerprint density at radius 2 is 2.14 bits per heavy atom. The van der Waals surface area contributed by atoms with E-state index in [1.807, 2.05) is 19.9 Å². The molecule has 1 saturated carbocycles. The minimum atomic E-state index is -0.622. The number of carbonyl (C=O) groups excluding carboxylic acids is 2. The highest BCUT2D eigenvalue weighted by atomic mass is 16.3. The van der Waals surface area contributed by atoms with Gasteiger partial charge in [0.25, 0.3) is 0 Å². The third kappa shape index (κ3) is 2.89. The first-order valence-electron chi connectivity index (χ1n) is 8.09. The zero-order chi connectivity index (χ0) is 16.7. The summed E-state index contributed by atoms with van der Waals surface area (Å²) in [6.07, 6.45) is 5.42. The van der Waals surface area contributed by atoms with Crippen LogP contribution in [0.5, 0.6) is 0 Å². The Bertz CT molecular complexity index is 549. The number of aliphatic hydroxyl groups is 1. The van der Waals surface area contributed by atoms with Crippen molar-refractivity contribution in [3.8, 4) is 0 Å². The van der Waals surface area contributed by atoms with E-state index in [1.54, 1.807) is 6.08 Å². The molecule has 22 heavy (non-hydrogen) atoms. The van der Waals surface area contributed by atoms with E-state index in [0.717, 1.165) is 18.4 Å². The van der Waals surface area contributed by atoms with Gasteiger partial charge in [-0.2, -0.15) is 0 Å². The van der Waals surface area contributed by atoms with Crippen LogP contribution in [-0.4, -0.2) is 22.9 Å². The molecule has 5 atom stereocenters. The van der Waals surface area contributed by atoms with E-state index in [9.17, 15) is 14.7 Å². The van der Waals surface area contributed by atoms with E-state index < -0.39 is 6.10 Å². The molecule has 4 heteroatoms. The lowest BCUT2D eigenvalue weighted by molar-refractivity contribution is -0.122. The molecule has 0 heterocycles. The summed E-state index contributed by atoms with van der Waals surface area (Å²) in [7, 11) is 0. The Morgan fingerprint density at radius 1 is 1.50 bits per heavy atom. The molecule has 3 N–H and O–H groups in total. The van der Waals surface area contributed by atoms with Crippen molar-refractivity contribution in [1.29, 1.82) is 0 Å². The number of carbonyl (C=O) groups is 2. The van der Waals surface area contributed by atoms with Crippen molar-refractivity contribution in [2.24, 2.45) is 28.9 Å². The van der Waals surface area contributed by atoms with Crippen molar-refractivity contribution in [2.45, 2.75) is 53.1 Å². The largest absolute Gasteiger partial charge is 0.388 e. The number of hydrogen-bond donors (Lipinski definition) is 2. The Hall–Kier alpha value is -1.42. The average molecular weight is 305 g/mol. The van der Waals surface area contributed by atoms with Crippen LogP contribution in [0.25, 0.3) is 0 Å². The van der Waals surface area contributed by atoms with E-state index in [1.165, 1.54) is 0 Å². The Kier molecular flexibility index (Phi) is 4.62. The summed E-state index contributed by atoms with van der Waals surface area (Å²) in [6, 6.07) is 0. The van der Waals surface area contributed by atoms with Crippen LogP contribution in [0, 0.1) is 23.2 Å². The Balaban J connectivity index is 2.23. The normalized spacial score (nSPS) is 34.3. The van der Waals surface area contributed by atoms with Crippen molar-refractivity contribution >= 4 is 11.7 Å². The lowest BCUT2D eigenvalue weighted by Gasteiger charge is -2.46. The first kappa shape index (κ1) is 16.9. The molecule has 122 valence electrons. The van der Waals surface area contributed by atoms with Gasteiger partial charge in [-0.1, -0.05) is 26.8 Å². The van der Waals surface area contributed by atoms with Crippen molar-refractivity contribution in [2.75, 3.05) is 0 Å². The number of ketones is 1. The number of fused-ring (bicyclic) bond motifs is 1. The molecule has 1 amide bonds. The lowest BCUT2D eigenvalue weighted by atomic mass is 9.60. The third-order valence-corrected chi connectivity index (χ3v) is 5.63. The molecule has 0 saturated heterocycles. The molecule has 0 aliphatic heterocycles. The monoisotopic (exact) mass is 305 g/mol. The molecule has 2 aliphatic rings. The van der Waals surface area contributed by atoms with Gasteiger partial charge >= 0.3 is 0 Å². The molecule has 5 unspecified atom stereocenters. The zero-order valence-electron chi connectivity index (χ0n) is 13.9. The van der Waals surface area contributed by atoms with Gasteiger partial charge in [0.2, 0.25) is 5.91 Å². The lowest BCUT2D eigenvalue weighted by Crippen LogP contribution is -2.43. The van der Waals surface area contributed by atoms with Crippen molar-refractivity contribution in [3.05, 3.63) is 23.3 Å². The summed E-state index contributed by atoms with van der Waals surface area (Å²) in [5, 5.41) is 10.9. The highest BCUT2D eigenvalue weighted by Gasteiger charge is 2.45. The molecule has 0 radical (unpaired) electrons. The van der Waals surface area contributed by atoms with Gasteiger partial charge in [0.1, 0.15) is 0 Å².